The van der Waals surface area contributed by atoms with Crippen LogP contribution in [-0.2, 0) is 6.54 Å². The number of rotatable bonds is 8. The standard InChI is InChI=1S/C23H27N7O4/c1-33-17-8-9-19(34-2)18(14-17)25-22-20(30(31)32)21(24)26-23(27-22)29-12-10-28(11-13-29)15-16-6-4-3-5-7-16/h3-9,14H,10-13,15H2,1-2H3,(H3,24,25,26,27). The lowest BCUT2D eigenvalue weighted by Crippen LogP contribution is -2.46. The molecule has 34 heavy (non-hydrogen) atoms. The fourth-order valence-electron chi connectivity index (χ4n) is 3.86. The summed E-state index contributed by atoms with van der Waals surface area (Å²) < 4.78 is 10.6. The lowest BCUT2D eigenvalue weighted by Gasteiger charge is -2.34. The molecule has 11 heteroatoms. The summed E-state index contributed by atoms with van der Waals surface area (Å²) in [7, 11) is 3.04. The van der Waals surface area contributed by atoms with Crippen LogP contribution in [0, 0.1) is 10.1 Å². The number of nitrogen functional groups attached to an aromatic ring is 1. The highest BCUT2D eigenvalue weighted by atomic mass is 16.6. The van der Waals surface area contributed by atoms with E-state index in [2.05, 4.69) is 32.3 Å². The van der Waals surface area contributed by atoms with Gasteiger partial charge in [0.1, 0.15) is 11.5 Å². The average molecular weight is 466 g/mol. The van der Waals surface area contributed by atoms with E-state index in [-0.39, 0.29) is 11.6 Å². The van der Waals surface area contributed by atoms with E-state index < -0.39 is 10.6 Å². The van der Waals surface area contributed by atoms with E-state index in [1.54, 1.807) is 18.2 Å². The van der Waals surface area contributed by atoms with Gasteiger partial charge in [0.25, 0.3) is 0 Å². The van der Waals surface area contributed by atoms with Crippen LogP contribution in [0.1, 0.15) is 5.56 Å². The predicted octanol–water partition coefficient (Wildman–Crippen LogP) is 3.05. The topological polar surface area (TPSA) is 132 Å². The monoisotopic (exact) mass is 465 g/mol. The Morgan fingerprint density at radius 2 is 1.79 bits per heavy atom. The second-order valence-electron chi connectivity index (χ2n) is 7.80. The first-order valence-corrected chi connectivity index (χ1v) is 10.8. The molecule has 0 amide bonds. The number of hydrogen-bond donors (Lipinski definition) is 2. The Morgan fingerprint density at radius 1 is 1.06 bits per heavy atom. The molecule has 0 unspecified atom stereocenters. The summed E-state index contributed by atoms with van der Waals surface area (Å²) in [5, 5.41) is 14.7. The maximum absolute atomic E-state index is 11.7. The molecule has 1 saturated heterocycles. The van der Waals surface area contributed by atoms with Gasteiger partial charge in [0.2, 0.25) is 17.6 Å². The van der Waals surface area contributed by atoms with Crippen molar-refractivity contribution in [3.63, 3.8) is 0 Å². The van der Waals surface area contributed by atoms with E-state index in [9.17, 15) is 10.1 Å². The number of nitrogens with one attached hydrogen (secondary N) is 1. The Hall–Kier alpha value is -4.12. The molecule has 4 rings (SSSR count). The first-order valence-electron chi connectivity index (χ1n) is 10.8. The van der Waals surface area contributed by atoms with E-state index in [1.165, 1.54) is 19.8 Å². The molecule has 178 valence electrons. The van der Waals surface area contributed by atoms with Crippen molar-refractivity contribution in [2.45, 2.75) is 6.54 Å². The summed E-state index contributed by atoms with van der Waals surface area (Å²) >= 11 is 0. The molecule has 2 heterocycles. The van der Waals surface area contributed by atoms with Crippen LogP contribution in [0.5, 0.6) is 11.5 Å². The average Bonchev–Trinajstić information content (AvgIpc) is 2.84. The molecule has 1 fully saturated rings. The molecule has 0 bridgehead atoms. The zero-order valence-corrected chi connectivity index (χ0v) is 19.1. The first kappa shape index (κ1) is 23.1. The van der Waals surface area contributed by atoms with Gasteiger partial charge in [-0.05, 0) is 17.7 Å². The molecular weight excluding hydrogens is 438 g/mol. The molecule has 0 atom stereocenters. The summed E-state index contributed by atoms with van der Waals surface area (Å²) in [5.74, 6) is 1.16. The lowest BCUT2D eigenvalue weighted by molar-refractivity contribution is -0.383. The van der Waals surface area contributed by atoms with E-state index in [4.69, 9.17) is 15.2 Å². The zero-order valence-electron chi connectivity index (χ0n) is 19.1. The number of aromatic nitrogens is 2. The van der Waals surface area contributed by atoms with E-state index >= 15 is 0 Å². The Bertz CT molecular complexity index is 1150. The number of benzene rings is 2. The molecule has 0 radical (unpaired) electrons. The highest BCUT2D eigenvalue weighted by Gasteiger charge is 2.27. The van der Waals surface area contributed by atoms with Gasteiger partial charge in [-0.25, -0.2) is 0 Å². The SMILES string of the molecule is COc1ccc(OC)c(Nc2nc(N3CCN(Cc4ccccc4)CC3)nc(N)c2[N+](=O)[O-])c1. The number of piperazine rings is 1. The van der Waals surface area contributed by atoms with Gasteiger partial charge in [0, 0.05) is 38.8 Å². The Morgan fingerprint density at radius 3 is 2.44 bits per heavy atom. The van der Waals surface area contributed by atoms with Crippen molar-refractivity contribution in [1.82, 2.24) is 14.9 Å². The number of ether oxygens (including phenoxy) is 2. The first-order chi connectivity index (χ1) is 16.5. The Kier molecular flexibility index (Phi) is 6.93. The molecule has 0 saturated carbocycles. The van der Waals surface area contributed by atoms with Crippen molar-refractivity contribution in [3.8, 4) is 11.5 Å². The van der Waals surface area contributed by atoms with Crippen LogP contribution < -0.4 is 25.4 Å². The fourth-order valence-corrected chi connectivity index (χ4v) is 3.86. The minimum Gasteiger partial charge on any atom is -0.497 e. The molecular formula is C23H27N7O4. The number of anilines is 4. The third-order valence-corrected chi connectivity index (χ3v) is 5.65. The van der Waals surface area contributed by atoms with Gasteiger partial charge in [-0.15, -0.1) is 0 Å². The molecule has 1 aliphatic heterocycles. The van der Waals surface area contributed by atoms with E-state index in [1.807, 2.05) is 23.1 Å². The van der Waals surface area contributed by atoms with Gasteiger partial charge in [0.15, 0.2) is 0 Å². The number of nitro groups is 1. The summed E-state index contributed by atoms with van der Waals surface area (Å²) in [6.45, 7) is 3.82. The summed E-state index contributed by atoms with van der Waals surface area (Å²) in [5.41, 5.74) is 7.34. The lowest BCUT2D eigenvalue weighted by atomic mass is 10.2. The van der Waals surface area contributed by atoms with Gasteiger partial charge < -0.3 is 25.4 Å². The van der Waals surface area contributed by atoms with E-state index in [0.717, 1.165) is 19.6 Å². The normalized spacial score (nSPS) is 14.0. The van der Waals surface area contributed by atoms with Crippen molar-refractivity contribution >= 4 is 29.0 Å². The van der Waals surface area contributed by atoms with Crippen molar-refractivity contribution in [2.24, 2.45) is 0 Å². The van der Waals surface area contributed by atoms with Gasteiger partial charge in [-0.2, -0.15) is 9.97 Å². The number of nitrogens with zero attached hydrogens (tertiary/aromatic N) is 5. The molecule has 3 N–H and O–H groups in total. The number of nitrogens with two attached hydrogens (primary N) is 1. The summed E-state index contributed by atoms with van der Waals surface area (Å²) in [6.07, 6.45) is 0. The molecule has 3 aromatic rings. The largest absolute Gasteiger partial charge is 0.497 e. The molecule has 2 aromatic carbocycles. The van der Waals surface area contributed by atoms with Crippen LogP contribution >= 0.6 is 0 Å². The highest BCUT2D eigenvalue weighted by Crippen LogP contribution is 2.36. The van der Waals surface area contributed by atoms with E-state index in [0.29, 0.717) is 36.2 Å². The highest BCUT2D eigenvalue weighted by molar-refractivity contribution is 5.77. The van der Waals surface area contributed by atoms with Crippen molar-refractivity contribution in [1.29, 1.82) is 0 Å². The van der Waals surface area contributed by atoms with Gasteiger partial charge in [-0.3, -0.25) is 15.0 Å². The maximum Gasteiger partial charge on any atom is 0.353 e. The smallest absolute Gasteiger partial charge is 0.353 e. The zero-order chi connectivity index (χ0) is 24.1. The summed E-state index contributed by atoms with van der Waals surface area (Å²) in [6, 6.07) is 15.4. The van der Waals surface area contributed by atoms with Crippen molar-refractivity contribution < 1.29 is 14.4 Å². The maximum atomic E-state index is 11.7. The quantitative estimate of drug-likeness (QED) is 0.378. The third kappa shape index (κ3) is 5.09. The molecule has 1 aliphatic rings. The minimum absolute atomic E-state index is 0.00855. The van der Waals surface area contributed by atoms with Crippen LogP contribution in [-0.4, -0.2) is 60.2 Å². The van der Waals surface area contributed by atoms with Crippen LogP contribution in [0.2, 0.25) is 0 Å². The van der Waals surface area contributed by atoms with Crippen LogP contribution in [0.15, 0.2) is 48.5 Å². The van der Waals surface area contributed by atoms with Crippen molar-refractivity contribution in [3.05, 3.63) is 64.2 Å². The molecule has 0 spiro atoms. The van der Waals surface area contributed by atoms with Crippen LogP contribution in [0.4, 0.5) is 29.0 Å². The van der Waals surface area contributed by atoms with Gasteiger partial charge >= 0.3 is 5.69 Å². The molecule has 0 aliphatic carbocycles. The minimum atomic E-state index is -0.591. The molecule has 1 aromatic heterocycles. The van der Waals surface area contributed by atoms with Gasteiger partial charge in [-0.1, -0.05) is 30.3 Å². The van der Waals surface area contributed by atoms with Crippen LogP contribution in [0.3, 0.4) is 0 Å². The number of hydrogen-bond acceptors (Lipinski definition) is 10. The molecule has 11 nitrogen and oxygen atoms in total. The number of methoxy groups -OCH3 is 2. The second kappa shape index (κ2) is 10.2. The summed E-state index contributed by atoms with van der Waals surface area (Å²) in [4.78, 5) is 24.2. The predicted molar refractivity (Wildman–Crippen MR) is 130 cm³/mol. The second-order valence-corrected chi connectivity index (χ2v) is 7.80. The fraction of sp³-hybridized carbons (Fsp3) is 0.304. The Labute approximate surface area is 197 Å². The third-order valence-electron chi connectivity index (χ3n) is 5.65. The van der Waals surface area contributed by atoms with Crippen LogP contribution in [0.25, 0.3) is 0 Å². The Balaban J connectivity index is 1.57. The van der Waals surface area contributed by atoms with Crippen molar-refractivity contribution in [2.75, 3.05) is 56.3 Å². The van der Waals surface area contributed by atoms with Gasteiger partial charge in [0.05, 0.1) is 24.8 Å².